The fourth-order valence-corrected chi connectivity index (χ4v) is 4.91. The molecular weight excluding hydrogens is 440 g/mol. The first-order valence-electron chi connectivity index (χ1n) is 12.0. The summed E-state index contributed by atoms with van der Waals surface area (Å²) in [4.78, 5) is 30.5. The Hall–Kier alpha value is -3.94. The van der Waals surface area contributed by atoms with Crippen LogP contribution < -0.4 is 10.5 Å². The minimum atomic E-state index is -0.342. The first kappa shape index (κ1) is 22.8. The van der Waals surface area contributed by atoms with E-state index in [-0.39, 0.29) is 18.0 Å². The maximum absolute atomic E-state index is 13.2. The number of rotatable bonds is 4. The van der Waals surface area contributed by atoms with Crippen molar-refractivity contribution >= 4 is 22.5 Å². The maximum atomic E-state index is 13.2. The number of piperazine rings is 1. The normalized spacial score (nSPS) is 14.1. The molecule has 4 aromatic rings. The van der Waals surface area contributed by atoms with E-state index in [1.54, 1.807) is 4.68 Å². The molecule has 2 aromatic carbocycles. The van der Waals surface area contributed by atoms with E-state index in [0.29, 0.717) is 24.3 Å². The number of benzene rings is 2. The van der Waals surface area contributed by atoms with Crippen LogP contribution >= 0.6 is 0 Å². The highest BCUT2D eigenvalue weighted by molar-refractivity contribution is 5.84. The Morgan fingerprint density at radius 1 is 0.886 bits per heavy atom. The Morgan fingerprint density at radius 2 is 1.60 bits per heavy atom. The van der Waals surface area contributed by atoms with E-state index in [1.165, 1.54) is 21.5 Å². The molecule has 0 spiro atoms. The first-order chi connectivity index (χ1) is 16.8. The summed E-state index contributed by atoms with van der Waals surface area (Å²) >= 11 is 0. The smallest absolute Gasteiger partial charge is 0.295 e. The Kier molecular flexibility index (Phi) is 5.88. The lowest BCUT2D eigenvalue weighted by atomic mass is 10.1. The summed E-state index contributed by atoms with van der Waals surface area (Å²) in [7, 11) is 0. The van der Waals surface area contributed by atoms with E-state index < -0.39 is 0 Å². The van der Waals surface area contributed by atoms with Crippen molar-refractivity contribution < 1.29 is 4.79 Å². The van der Waals surface area contributed by atoms with Crippen molar-refractivity contribution in [1.29, 1.82) is 0 Å². The molecule has 0 unspecified atom stereocenters. The topological polar surface area (TPSA) is 76.3 Å². The molecule has 1 saturated heterocycles. The molecule has 0 N–H and O–H groups in total. The van der Waals surface area contributed by atoms with Gasteiger partial charge in [-0.25, -0.2) is 9.36 Å². The fourth-order valence-electron chi connectivity index (χ4n) is 4.91. The van der Waals surface area contributed by atoms with E-state index in [0.717, 1.165) is 29.9 Å². The zero-order chi connectivity index (χ0) is 24.7. The lowest BCUT2D eigenvalue weighted by Crippen LogP contribution is -2.50. The Labute approximate surface area is 204 Å². The lowest BCUT2D eigenvalue weighted by molar-refractivity contribution is -0.132. The van der Waals surface area contributed by atoms with Crippen molar-refractivity contribution in [2.24, 2.45) is 0 Å². The number of aryl methyl sites for hydroxylation is 3. The van der Waals surface area contributed by atoms with Gasteiger partial charge in [0.05, 0.1) is 22.5 Å². The van der Waals surface area contributed by atoms with Crippen molar-refractivity contribution in [2.75, 3.05) is 31.1 Å². The molecule has 1 aliphatic heterocycles. The third kappa shape index (κ3) is 4.09. The Balaban J connectivity index is 1.35. The van der Waals surface area contributed by atoms with Crippen LogP contribution in [0.25, 0.3) is 16.6 Å². The Bertz CT molecular complexity index is 1460. The lowest BCUT2D eigenvalue weighted by Gasteiger charge is -2.37. The first-order valence-corrected chi connectivity index (χ1v) is 12.0. The number of carbonyl (C=O) groups excluding carboxylic acids is 1. The molecule has 35 heavy (non-hydrogen) atoms. The minimum absolute atomic E-state index is 0.0870. The van der Waals surface area contributed by atoms with Crippen molar-refractivity contribution in [3.63, 3.8) is 0 Å². The van der Waals surface area contributed by atoms with Crippen LogP contribution in [-0.2, 0) is 11.3 Å². The summed E-state index contributed by atoms with van der Waals surface area (Å²) in [6.07, 6.45) is 0. The number of aromatic nitrogens is 4. The molecule has 180 valence electrons. The second kappa shape index (κ2) is 9.02. The second-order valence-electron chi connectivity index (χ2n) is 9.19. The summed E-state index contributed by atoms with van der Waals surface area (Å²) in [6, 6.07) is 16.0. The molecule has 5 rings (SSSR count). The molecule has 8 heteroatoms. The second-order valence-corrected chi connectivity index (χ2v) is 9.19. The molecule has 0 atom stereocenters. The molecule has 1 aliphatic rings. The summed E-state index contributed by atoms with van der Waals surface area (Å²) < 4.78 is 3.03. The SMILES string of the molecule is Cc1cccc(N2CCN(C(=O)Cn3nc(C)c4c(C)n(-c5ccccc5)nc4c3=O)CC2)c1C. The maximum Gasteiger partial charge on any atom is 0.295 e. The van der Waals surface area contributed by atoms with E-state index in [9.17, 15) is 9.59 Å². The third-order valence-electron chi connectivity index (χ3n) is 7.02. The summed E-state index contributed by atoms with van der Waals surface area (Å²) in [5.74, 6) is -0.0989. The van der Waals surface area contributed by atoms with Crippen LogP contribution in [0.15, 0.2) is 53.3 Å². The highest BCUT2D eigenvalue weighted by Crippen LogP contribution is 2.24. The highest BCUT2D eigenvalue weighted by Gasteiger charge is 2.24. The van der Waals surface area contributed by atoms with Gasteiger partial charge in [-0.3, -0.25) is 9.59 Å². The molecule has 0 radical (unpaired) electrons. The van der Waals surface area contributed by atoms with Gasteiger partial charge in [0, 0.05) is 31.9 Å². The van der Waals surface area contributed by atoms with E-state index in [2.05, 4.69) is 47.1 Å². The van der Waals surface area contributed by atoms with Crippen LogP contribution in [0, 0.1) is 27.7 Å². The molecule has 3 heterocycles. The van der Waals surface area contributed by atoms with E-state index >= 15 is 0 Å². The Morgan fingerprint density at radius 3 is 2.31 bits per heavy atom. The van der Waals surface area contributed by atoms with Gasteiger partial charge in [0.2, 0.25) is 5.91 Å². The average molecular weight is 471 g/mol. The molecule has 0 bridgehead atoms. The zero-order valence-electron chi connectivity index (χ0n) is 20.7. The number of anilines is 1. The minimum Gasteiger partial charge on any atom is -0.368 e. The molecule has 1 fully saturated rings. The summed E-state index contributed by atoms with van der Waals surface area (Å²) in [5, 5.41) is 9.81. The average Bonchev–Trinajstić information content (AvgIpc) is 3.22. The van der Waals surface area contributed by atoms with Gasteiger partial charge in [-0.05, 0) is 57.0 Å². The number of hydrogen-bond donors (Lipinski definition) is 0. The van der Waals surface area contributed by atoms with Gasteiger partial charge >= 0.3 is 0 Å². The van der Waals surface area contributed by atoms with Crippen LogP contribution in [0.1, 0.15) is 22.5 Å². The number of nitrogens with zero attached hydrogens (tertiary/aromatic N) is 6. The molecule has 8 nitrogen and oxygen atoms in total. The predicted octanol–water partition coefficient (Wildman–Crippen LogP) is 3.16. The monoisotopic (exact) mass is 470 g/mol. The van der Waals surface area contributed by atoms with Crippen molar-refractivity contribution in [3.8, 4) is 5.69 Å². The van der Waals surface area contributed by atoms with Gasteiger partial charge in [-0.2, -0.15) is 10.2 Å². The van der Waals surface area contributed by atoms with Gasteiger partial charge in [0.15, 0.2) is 5.52 Å². The van der Waals surface area contributed by atoms with E-state index in [4.69, 9.17) is 0 Å². The molecule has 0 saturated carbocycles. The third-order valence-corrected chi connectivity index (χ3v) is 7.02. The standard InChI is InChI=1S/C27H30N6O2/c1-18-9-8-12-23(19(18)2)30-13-15-31(16-14-30)24(34)17-32-27(35)26-25(20(3)28-32)21(4)33(29-26)22-10-6-5-7-11-22/h5-12H,13-17H2,1-4H3. The van der Waals surface area contributed by atoms with E-state index in [1.807, 2.05) is 49.1 Å². The number of carbonyl (C=O) groups is 1. The predicted molar refractivity (Wildman–Crippen MR) is 137 cm³/mol. The summed E-state index contributed by atoms with van der Waals surface area (Å²) in [6.45, 7) is 10.7. The largest absolute Gasteiger partial charge is 0.368 e. The number of para-hydroxylation sites is 1. The molecule has 0 aliphatic carbocycles. The van der Waals surface area contributed by atoms with Crippen LogP contribution in [-0.4, -0.2) is 56.5 Å². The quantitative estimate of drug-likeness (QED) is 0.458. The van der Waals surface area contributed by atoms with Gasteiger partial charge < -0.3 is 9.80 Å². The zero-order valence-corrected chi connectivity index (χ0v) is 20.7. The van der Waals surface area contributed by atoms with Crippen molar-refractivity contribution in [3.05, 3.63) is 81.4 Å². The van der Waals surface area contributed by atoms with Gasteiger partial charge in [-0.1, -0.05) is 30.3 Å². The van der Waals surface area contributed by atoms with Crippen LogP contribution in [0.5, 0.6) is 0 Å². The van der Waals surface area contributed by atoms with Crippen molar-refractivity contribution in [2.45, 2.75) is 34.2 Å². The van der Waals surface area contributed by atoms with Crippen LogP contribution in [0.4, 0.5) is 5.69 Å². The van der Waals surface area contributed by atoms with Crippen molar-refractivity contribution in [1.82, 2.24) is 24.5 Å². The molecular formula is C27H30N6O2. The van der Waals surface area contributed by atoms with Crippen LogP contribution in [0.2, 0.25) is 0 Å². The highest BCUT2D eigenvalue weighted by atomic mass is 16.2. The van der Waals surface area contributed by atoms with Crippen LogP contribution in [0.3, 0.4) is 0 Å². The van der Waals surface area contributed by atoms with Gasteiger partial charge in [0.25, 0.3) is 5.56 Å². The van der Waals surface area contributed by atoms with Gasteiger partial charge in [0.1, 0.15) is 6.54 Å². The number of amides is 1. The molecule has 2 aromatic heterocycles. The molecule has 1 amide bonds. The summed E-state index contributed by atoms with van der Waals surface area (Å²) in [5.41, 5.74) is 6.18. The number of fused-ring (bicyclic) bond motifs is 1. The van der Waals surface area contributed by atoms with Gasteiger partial charge in [-0.15, -0.1) is 0 Å². The number of hydrogen-bond acceptors (Lipinski definition) is 5. The fraction of sp³-hybridized carbons (Fsp3) is 0.333.